The lowest BCUT2D eigenvalue weighted by molar-refractivity contribution is 0.922. The molecule has 3 rings (SSSR count). The van der Waals surface area contributed by atoms with E-state index in [4.69, 9.17) is 0 Å². The normalized spacial score (nSPS) is 14.5. The highest BCUT2D eigenvalue weighted by Crippen LogP contribution is 2.19. The summed E-state index contributed by atoms with van der Waals surface area (Å²) in [6.07, 6.45) is 2.76. The second kappa shape index (κ2) is 6.43. The van der Waals surface area contributed by atoms with E-state index in [9.17, 15) is 0 Å². The van der Waals surface area contributed by atoms with Gasteiger partial charge in [0, 0.05) is 39.0 Å². The molecule has 0 saturated carbocycles. The van der Waals surface area contributed by atoms with Crippen molar-refractivity contribution in [2.24, 2.45) is 10.1 Å². The van der Waals surface area contributed by atoms with Gasteiger partial charge in [-0.05, 0) is 29.8 Å². The maximum atomic E-state index is 4.56. The Balaban J connectivity index is 1.68. The molecule has 2 aromatic carbocycles. The number of benzene rings is 2. The van der Waals surface area contributed by atoms with Crippen molar-refractivity contribution in [1.29, 1.82) is 0 Å². The Morgan fingerprint density at radius 3 is 2.45 bits per heavy atom. The first kappa shape index (κ1) is 14.3. The number of hydrazone groups is 1. The molecule has 0 amide bonds. The molecule has 0 unspecified atom stereocenters. The molecular formula is C18H20N4. The van der Waals surface area contributed by atoms with Crippen LogP contribution in [0.3, 0.4) is 0 Å². The second-order valence-corrected chi connectivity index (χ2v) is 5.47. The van der Waals surface area contributed by atoms with Crippen molar-refractivity contribution < 1.29 is 0 Å². The fraction of sp³-hybridized carbons (Fsp3) is 0.222. The number of hydrogen-bond acceptors (Lipinski definition) is 4. The first-order chi connectivity index (χ1) is 10.7. The number of aliphatic imine (C=N–C) groups is 1. The van der Waals surface area contributed by atoms with Crippen LogP contribution in [-0.4, -0.2) is 32.7 Å². The monoisotopic (exact) mass is 292 g/mol. The van der Waals surface area contributed by atoms with E-state index in [0.29, 0.717) is 0 Å². The van der Waals surface area contributed by atoms with Crippen LogP contribution in [0.4, 0.5) is 11.4 Å². The standard InChI is InChI=1S/C18H20N4/c1-21(2)16-10-8-15(9-11-16)14-19-18-12-13-22(20-18)17-6-4-3-5-7-17/h3-11,14H,12-13H2,1-2H3. The molecule has 1 aliphatic heterocycles. The smallest absolute Gasteiger partial charge is 0.150 e. The summed E-state index contributed by atoms with van der Waals surface area (Å²) in [5.41, 5.74) is 3.39. The molecule has 1 heterocycles. The zero-order valence-corrected chi connectivity index (χ0v) is 13.0. The topological polar surface area (TPSA) is 31.2 Å². The van der Waals surface area contributed by atoms with Crippen LogP contribution in [0.2, 0.25) is 0 Å². The van der Waals surface area contributed by atoms with E-state index in [1.807, 2.05) is 43.5 Å². The van der Waals surface area contributed by atoms with E-state index in [0.717, 1.165) is 30.1 Å². The predicted molar refractivity (Wildman–Crippen MR) is 94.2 cm³/mol. The van der Waals surface area contributed by atoms with Crippen molar-refractivity contribution >= 4 is 23.4 Å². The van der Waals surface area contributed by atoms with Gasteiger partial charge in [0.1, 0.15) is 0 Å². The molecule has 0 aliphatic carbocycles. The number of para-hydroxylation sites is 1. The zero-order chi connectivity index (χ0) is 15.4. The highest BCUT2D eigenvalue weighted by molar-refractivity contribution is 5.96. The summed E-state index contributed by atoms with van der Waals surface area (Å²) >= 11 is 0. The van der Waals surface area contributed by atoms with Crippen molar-refractivity contribution in [3.05, 3.63) is 60.2 Å². The Kier molecular flexibility index (Phi) is 4.19. The van der Waals surface area contributed by atoms with Gasteiger partial charge in [0.05, 0.1) is 5.69 Å². The van der Waals surface area contributed by atoms with Crippen LogP contribution in [-0.2, 0) is 0 Å². The first-order valence-electron chi connectivity index (χ1n) is 7.44. The molecule has 0 atom stereocenters. The van der Waals surface area contributed by atoms with Crippen LogP contribution in [0, 0.1) is 0 Å². The third kappa shape index (κ3) is 3.34. The summed E-state index contributed by atoms with van der Waals surface area (Å²) in [5.74, 6) is 0.875. The van der Waals surface area contributed by atoms with Gasteiger partial charge >= 0.3 is 0 Å². The predicted octanol–water partition coefficient (Wildman–Crippen LogP) is 3.40. The van der Waals surface area contributed by atoms with E-state index < -0.39 is 0 Å². The zero-order valence-electron chi connectivity index (χ0n) is 13.0. The van der Waals surface area contributed by atoms with Gasteiger partial charge < -0.3 is 4.90 Å². The third-order valence-corrected chi connectivity index (χ3v) is 3.61. The lowest BCUT2D eigenvalue weighted by atomic mass is 10.2. The summed E-state index contributed by atoms with van der Waals surface area (Å²) in [4.78, 5) is 6.60. The van der Waals surface area contributed by atoms with E-state index >= 15 is 0 Å². The van der Waals surface area contributed by atoms with Gasteiger partial charge in [-0.25, -0.2) is 4.99 Å². The van der Waals surface area contributed by atoms with Crippen molar-refractivity contribution in [1.82, 2.24) is 0 Å². The second-order valence-electron chi connectivity index (χ2n) is 5.47. The summed E-state index contributed by atoms with van der Waals surface area (Å²) in [7, 11) is 4.07. The maximum absolute atomic E-state index is 4.56. The molecule has 0 radical (unpaired) electrons. The van der Waals surface area contributed by atoms with Crippen molar-refractivity contribution in [2.75, 3.05) is 30.5 Å². The lowest BCUT2D eigenvalue weighted by Crippen LogP contribution is -2.11. The number of amidine groups is 1. The Morgan fingerprint density at radius 2 is 1.77 bits per heavy atom. The van der Waals surface area contributed by atoms with Crippen LogP contribution in [0.1, 0.15) is 12.0 Å². The molecule has 0 saturated heterocycles. The van der Waals surface area contributed by atoms with E-state index in [1.165, 1.54) is 5.69 Å². The average Bonchev–Trinajstić information content (AvgIpc) is 3.03. The Bertz CT molecular complexity index is 672. The van der Waals surface area contributed by atoms with Gasteiger partial charge in [-0.1, -0.05) is 30.3 Å². The van der Waals surface area contributed by atoms with Crippen LogP contribution in [0.25, 0.3) is 0 Å². The van der Waals surface area contributed by atoms with Gasteiger partial charge in [-0.3, -0.25) is 5.01 Å². The number of rotatable bonds is 3. The highest BCUT2D eigenvalue weighted by atomic mass is 15.5. The van der Waals surface area contributed by atoms with Gasteiger partial charge in [0.25, 0.3) is 0 Å². The molecule has 0 aromatic heterocycles. The molecule has 0 N–H and O–H groups in total. The Hall–Kier alpha value is -2.62. The van der Waals surface area contributed by atoms with Crippen LogP contribution in [0.15, 0.2) is 64.7 Å². The molecular weight excluding hydrogens is 272 g/mol. The summed E-state index contributed by atoms with van der Waals surface area (Å²) in [5, 5.41) is 6.56. The van der Waals surface area contributed by atoms with Crippen LogP contribution in [0.5, 0.6) is 0 Å². The SMILES string of the molecule is CN(C)c1ccc(C=NC2=NN(c3ccccc3)CC2)cc1. The molecule has 2 aromatic rings. The molecule has 112 valence electrons. The summed E-state index contributed by atoms with van der Waals surface area (Å²) in [6, 6.07) is 18.5. The van der Waals surface area contributed by atoms with E-state index in [1.54, 1.807) is 0 Å². The quantitative estimate of drug-likeness (QED) is 0.812. The van der Waals surface area contributed by atoms with E-state index in [2.05, 4.69) is 51.4 Å². The molecule has 4 heteroatoms. The fourth-order valence-electron chi connectivity index (χ4n) is 2.33. The Morgan fingerprint density at radius 1 is 1.05 bits per heavy atom. The largest absolute Gasteiger partial charge is 0.378 e. The highest BCUT2D eigenvalue weighted by Gasteiger charge is 2.14. The van der Waals surface area contributed by atoms with Gasteiger partial charge in [0.2, 0.25) is 0 Å². The van der Waals surface area contributed by atoms with E-state index in [-0.39, 0.29) is 0 Å². The molecule has 4 nitrogen and oxygen atoms in total. The minimum absolute atomic E-state index is 0.875. The Labute approximate surface area is 131 Å². The van der Waals surface area contributed by atoms with Gasteiger partial charge in [-0.2, -0.15) is 5.10 Å². The van der Waals surface area contributed by atoms with Crippen molar-refractivity contribution in [3.63, 3.8) is 0 Å². The molecule has 0 bridgehead atoms. The van der Waals surface area contributed by atoms with Crippen molar-refractivity contribution in [3.8, 4) is 0 Å². The lowest BCUT2D eigenvalue weighted by Gasteiger charge is -2.12. The molecule has 22 heavy (non-hydrogen) atoms. The molecule has 0 spiro atoms. The minimum Gasteiger partial charge on any atom is -0.378 e. The molecule has 0 fully saturated rings. The maximum Gasteiger partial charge on any atom is 0.150 e. The van der Waals surface area contributed by atoms with Crippen LogP contribution < -0.4 is 9.91 Å². The van der Waals surface area contributed by atoms with Crippen LogP contribution >= 0.6 is 0 Å². The number of hydrogen-bond donors (Lipinski definition) is 0. The number of anilines is 2. The van der Waals surface area contributed by atoms with Gasteiger partial charge in [0.15, 0.2) is 5.84 Å². The number of nitrogens with zero attached hydrogens (tertiary/aromatic N) is 4. The summed E-state index contributed by atoms with van der Waals surface area (Å²) < 4.78 is 0. The molecule has 1 aliphatic rings. The fourth-order valence-corrected chi connectivity index (χ4v) is 2.33. The average molecular weight is 292 g/mol. The third-order valence-electron chi connectivity index (χ3n) is 3.61. The summed E-state index contributed by atoms with van der Waals surface area (Å²) in [6.45, 7) is 0.885. The minimum atomic E-state index is 0.875. The van der Waals surface area contributed by atoms with Crippen molar-refractivity contribution in [2.45, 2.75) is 6.42 Å². The van der Waals surface area contributed by atoms with Gasteiger partial charge in [-0.15, -0.1) is 0 Å². The first-order valence-corrected chi connectivity index (χ1v) is 7.44.